The summed E-state index contributed by atoms with van der Waals surface area (Å²) in [5, 5.41) is 0. The first kappa shape index (κ1) is 23.1. The minimum atomic E-state index is 0.653. The molecule has 4 fully saturated rings. The average Bonchev–Trinajstić information content (AvgIpc) is 3.09. The van der Waals surface area contributed by atoms with Crippen molar-refractivity contribution in [3.8, 4) is 0 Å². The van der Waals surface area contributed by atoms with E-state index in [-0.39, 0.29) is 0 Å². The van der Waals surface area contributed by atoms with Crippen molar-refractivity contribution in [1.82, 2.24) is 0 Å². The lowest BCUT2D eigenvalue weighted by molar-refractivity contribution is -0.114. The molecule has 4 aliphatic rings. The topological polar surface area (TPSA) is 9.23 Å². The molecule has 0 saturated heterocycles. The molecule has 0 bridgehead atoms. The summed E-state index contributed by atoms with van der Waals surface area (Å²) >= 11 is 0. The van der Waals surface area contributed by atoms with Crippen molar-refractivity contribution >= 4 is 0 Å². The molecule has 0 spiro atoms. The van der Waals surface area contributed by atoms with Crippen LogP contribution in [0, 0.1) is 52.3 Å². The molecule has 0 radical (unpaired) electrons. The largest absolute Gasteiger partial charge is 0.385 e. The predicted molar refractivity (Wildman–Crippen MR) is 129 cm³/mol. The van der Waals surface area contributed by atoms with Gasteiger partial charge in [0.05, 0.1) is 0 Å². The van der Waals surface area contributed by atoms with Gasteiger partial charge in [0.2, 0.25) is 0 Å². The van der Waals surface area contributed by atoms with E-state index in [1.807, 2.05) is 7.11 Å². The zero-order chi connectivity index (χ0) is 21.4. The molecular formula is C29H52O. The molecular weight excluding hydrogens is 364 g/mol. The van der Waals surface area contributed by atoms with Gasteiger partial charge in [-0.25, -0.2) is 0 Å². The molecule has 4 aliphatic carbocycles. The maximum absolute atomic E-state index is 5.28. The van der Waals surface area contributed by atoms with Crippen molar-refractivity contribution in [1.29, 1.82) is 0 Å². The van der Waals surface area contributed by atoms with E-state index >= 15 is 0 Å². The molecule has 0 aromatic carbocycles. The van der Waals surface area contributed by atoms with Crippen LogP contribution < -0.4 is 0 Å². The Kier molecular flexibility index (Phi) is 7.28. The number of rotatable bonds is 8. The van der Waals surface area contributed by atoms with Gasteiger partial charge in [0.25, 0.3) is 0 Å². The quantitative estimate of drug-likeness (QED) is 0.385. The maximum Gasteiger partial charge on any atom is 0.0464 e. The summed E-state index contributed by atoms with van der Waals surface area (Å²) < 4.78 is 5.28. The Balaban J connectivity index is 1.36. The van der Waals surface area contributed by atoms with Crippen LogP contribution in [-0.2, 0) is 4.74 Å². The van der Waals surface area contributed by atoms with E-state index in [0.29, 0.717) is 10.8 Å². The molecule has 174 valence electrons. The molecule has 0 aromatic rings. The molecule has 2 unspecified atom stereocenters. The third-order valence-corrected chi connectivity index (χ3v) is 11.5. The SMILES string of the molecule is COCCC(C)CCC[C@@H](C)[C@H]1CC[C@H]2[C@@H]3CCC4CCCC[C@]4(C)[C@H]3CC[C@]12C. The fraction of sp³-hybridized carbons (Fsp3) is 1.00. The standard InChI is InChI=1S/C29H52O/c1-21(17-20-30-5)9-8-10-22(2)25-14-15-26-24-13-12-23-11-6-7-18-28(23,3)27(24)16-19-29(25,26)4/h21-27H,6-20H2,1-5H3/t21?,22-,23?,24+,25-,26+,27+,28+,29-/m1/s1. The minimum Gasteiger partial charge on any atom is -0.385 e. The minimum absolute atomic E-state index is 0.653. The molecule has 9 atom stereocenters. The summed E-state index contributed by atoms with van der Waals surface area (Å²) in [5.41, 5.74) is 1.35. The first-order valence-electron chi connectivity index (χ1n) is 13.9. The van der Waals surface area contributed by atoms with E-state index in [4.69, 9.17) is 4.74 Å². The Morgan fingerprint density at radius 2 is 1.60 bits per heavy atom. The Morgan fingerprint density at radius 1 is 0.800 bits per heavy atom. The predicted octanol–water partition coefficient (Wildman–Crippen LogP) is 8.51. The second-order valence-corrected chi connectivity index (χ2v) is 12.9. The van der Waals surface area contributed by atoms with Crippen LogP contribution in [0.4, 0.5) is 0 Å². The first-order valence-corrected chi connectivity index (χ1v) is 13.9. The fourth-order valence-corrected chi connectivity index (χ4v) is 9.72. The monoisotopic (exact) mass is 416 g/mol. The number of hydrogen-bond acceptors (Lipinski definition) is 1. The lowest BCUT2D eigenvalue weighted by Gasteiger charge is -2.61. The molecule has 4 saturated carbocycles. The molecule has 1 nitrogen and oxygen atoms in total. The van der Waals surface area contributed by atoms with Crippen molar-refractivity contribution in [2.75, 3.05) is 13.7 Å². The zero-order valence-corrected chi connectivity index (χ0v) is 21.1. The van der Waals surface area contributed by atoms with Gasteiger partial charge in [-0.05, 0) is 110 Å². The molecule has 1 heteroatoms. The highest BCUT2D eigenvalue weighted by Gasteiger charge is 2.59. The summed E-state index contributed by atoms with van der Waals surface area (Å²) in [6, 6.07) is 0. The molecule has 0 aromatic heterocycles. The summed E-state index contributed by atoms with van der Waals surface area (Å²) in [7, 11) is 1.84. The number of ether oxygens (including phenoxy) is 1. The Labute approximate surface area is 188 Å². The van der Waals surface area contributed by atoms with Crippen molar-refractivity contribution < 1.29 is 4.74 Å². The van der Waals surface area contributed by atoms with E-state index in [1.54, 1.807) is 44.9 Å². The first-order chi connectivity index (χ1) is 14.4. The smallest absolute Gasteiger partial charge is 0.0464 e. The third-order valence-electron chi connectivity index (χ3n) is 11.5. The van der Waals surface area contributed by atoms with Crippen LogP contribution in [0.3, 0.4) is 0 Å². The summed E-state index contributed by atoms with van der Waals surface area (Å²) in [5.74, 6) is 6.98. The Morgan fingerprint density at radius 3 is 2.40 bits per heavy atom. The second-order valence-electron chi connectivity index (χ2n) is 12.9. The van der Waals surface area contributed by atoms with Gasteiger partial charge in [-0.2, -0.15) is 0 Å². The van der Waals surface area contributed by atoms with Crippen LogP contribution >= 0.6 is 0 Å². The van der Waals surface area contributed by atoms with Crippen molar-refractivity contribution in [3.63, 3.8) is 0 Å². The van der Waals surface area contributed by atoms with Gasteiger partial charge < -0.3 is 4.74 Å². The van der Waals surface area contributed by atoms with Gasteiger partial charge >= 0.3 is 0 Å². The average molecular weight is 417 g/mol. The van der Waals surface area contributed by atoms with Gasteiger partial charge in [-0.15, -0.1) is 0 Å². The zero-order valence-electron chi connectivity index (χ0n) is 21.1. The van der Waals surface area contributed by atoms with Gasteiger partial charge in [-0.3, -0.25) is 0 Å². The van der Waals surface area contributed by atoms with Crippen LogP contribution in [0.15, 0.2) is 0 Å². The van der Waals surface area contributed by atoms with E-state index in [9.17, 15) is 0 Å². The second kappa shape index (κ2) is 9.44. The molecule has 4 rings (SSSR count). The molecule has 0 amide bonds. The lowest BCUT2D eigenvalue weighted by atomic mass is 9.44. The van der Waals surface area contributed by atoms with Crippen LogP contribution in [0.25, 0.3) is 0 Å². The number of hydrogen-bond donors (Lipinski definition) is 0. The van der Waals surface area contributed by atoms with E-state index < -0.39 is 0 Å². The van der Waals surface area contributed by atoms with Gasteiger partial charge in [0.15, 0.2) is 0 Å². The van der Waals surface area contributed by atoms with Gasteiger partial charge in [0, 0.05) is 13.7 Å². The number of methoxy groups -OCH3 is 1. The molecule has 0 heterocycles. The number of fused-ring (bicyclic) bond motifs is 5. The van der Waals surface area contributed by atoms with Crippen molar-refractivity contribution in [2.24, 2.45) is 52.3 Å². The summed E-state index contributed by atoms with van der Waals surface area (Å²) in [4.78, 5) is 0. The third kappa shape index (κ3) is 4.15. The van der Waals surface area contributed by atoms with Crippen LogP contribution in [0.5, 0.6) is 0 Å². The highest BCUT2D eigenvalue weighted by molar-refractivity contribution is 5.09. The molecule has 0 N–H and O–H groups in total. The molecule has 30 heavy (non-hydrogen) atoms. The van der Waals surface area contributed by atoms with Crippen LogP contribution in [-0.4, -0.2) is 13.7 Å². The van der Waals surface area contributed by atoms with Crippen LogP contribution in [0.1, 0.15) is 118 Å². The van der Waals surface area contributed by atoms with Crippen molar-refractivity contribution in [3.05, 3.63) is 0 Å². The molecule has 0 aliphatic heterocycles. The van der Waals surface area contributed by atoms with Crippen molar-refractivity contribution in [2.45, 2.75) is 118 Å². The Bertz CT molecular complexity index is 557. The van der Waals surface area contributed by atoms with Crippen LogP contribution in [0.2, 0.25) is 0 Å². The normalized spacial score (nSPS) is 45.3. The summed E-state index contributed by atoms with van der Waals surface area (Å²) in [6.45, 7) is 11.4. The highest BCUT2D eigenvalue weighted by Crippen LogP contribution is 2.68. The Hall–Kier alpha value is -0.0400. The lowest BCUT2D eigenvalue weighted by Crippen LogP contribution is -2.53. The van der Waals surface area contributed by atoms with E-state index in [0.717, 1.165) is 48.0 Å². The van der Waals surface area contributed by atoms with Gasteiger partial charge in [-0.1, -0.05) is 59.8 Å². The highest BCUT2D eigenvalue weighted by atomic mass is 16.5. The van der Waals surface area contributed by atoms with E-state index in [1.165, 1.54) is 44.9 Å². The van der Waals surface area contributed by atoms with Gasteiger partial charge in [0.1, 0.15) is 0 Å². The summed E-state index contributed by atoms with van der Waals surface area (Å²) in [6.07, 6.45) is 20.9. The fourth-order valence-electron chi connectivity index (χ4n) is 9.72. The van der Waals surface area contributed by atoms with E-state index in [2.05, 4.69) is 27.7 Å². The maximum atomic E-state index is 5.28.